The monoisotopic (exact) mass is 496 g/mol. The minimum atomic E-state index is -0.404. The number of carbonyl (C=O) groups excluding carboxylic acids is 3. The lowest BCUT2D eigenvalue weighted by atomic mass is 10.2. The molecule has 31 heavy (non-hydrogen) atoms. The van der Waals surface area contributed by atoms with Crippen LogP contribution in [0.2, 0.25) is 0 Å². The van der Waals surface area contributed by atoms with Crippen LogP contribution >= 0.6 is 27.7 Å². The van der Waals surface area contributed by atoms with Crippen molar-refractivity contribution in [1.82, 2.24) is 15.4 Å². The van der Waals surface area contributed by atoms with Crippen LogP contribution in [-0.4, -0.2) is 33.5 Å². The van der Waals surface area contributed by atoms with E-state index in [0.717, 1.165) is 10.0 Å². The van der Waals surface area contributed by atoms with Crippen molar-refractivity contribution in [3.8, 4) is 0 Å². The summed E-state index contributed by atoms with van der Waals surface area (Å²) in [7, 11) is 0. The standard InChI is InChI=1S/C22H17BrN4O3S/c23-16-5-3-4-15(12-16)22-27(19(28)13-31-22)26-20(29)14-7-9-17(10-8-14)25-21(30)18-6-1-2-11-24-18/h1-12,22H,13H2,(H,25,30)(H,26,29). The van der Waals surface area contributed by atoms with Gasteiger partial charge in [-0.15, -0.1) is 11.8 Å². The lowest BCUT2D eigenvalue weighted by molar-refractivity contribution is -0.130. The maximum absolute atomic E-state index is 12.7. The molecule has 1 aliphatic heterocycles. The Balaban J connectivity index is 1.43. The lowest BCUT2D eigenvalue weighted by Gasteiger charge is -2.24. The number of thioether (sulfide) groups is 1. The van der Waals surface area contributed by atoms with Gasteiger partial charge in [0.05, 0.1) is 5.75 Å². The molecule has 0 bridgehead atoms. The Hall–Kier alpha value is -3.17. The van der Waals surface area contributed by atoms with Crippen molar-refractivity contribution in [2.75, 3.05) is 11.1 Å². The Kier molecular flexibility index (Phi) is 6.34. The molecule has 2 heterocycles. The smallest absolute Gasteiger partial charge is 0.274 e. The van der Waals surface area contributed by atoms with E-state index in [1.807, 2.05) is 24.3 Å². The van der Waals surface area contributed by atoms with Gasteiger partial charge in [-0.3, -0.25) is 24.8 Å². The van der Waals surface area contributed by atoms with Crippen molar-refractivity contribution in [3.63, 3.8) is 0 Å². The minimum Gasteiger partial charge on any atom is -0.321 e. The molecule has 2 aromatic carbocycles. The van der Waals surface area contributed by atoms with Gasteiger partial charge in [0.15, 0.2) is 0 Å². The van der Waals surface area contributed by atoms with Crippen LogP contribution in [0.3, 0.4) is 0 Å². The molecular formula is C22H17BrN4O3S. The highest BCUT2D eigenvalue weighted by molar-refractivity contribution is 9.10. The summed E-state index contributed by atoms with van der Waals surface area (Å²) in [5.41, 5.74) is 4.83. The molecule has 1 aromatic heterocycles. The van der Waals surface area contributed by atoms with E-state index in [1.54, 1.807) is 48.7 Å². The van der Waals surface area contributed by atoms with E-state index in [1.165, 1.54) is 16.8 Å². The van der Waals surface area contributed by atoms with Crippen LogP contribution in [0.4, 0.5) is 5.69 Å². The van der Waals surface area contributed by atoms with E-state index in [4.69, 9.17) is 0 Å². The highest BCUT2D eigenvalue weighted by Gasteiger charge is 2.34. The number of benzene rings is 2. The fraction of sp³-hybridized carbons (Fsp3) is 0.0909. The van der Waals surface area contributed by atoms with Crippen LogP contribution in [0, 0.1) is 0 Å². The van der Waals surface area contributed by atoms with Crippen molar-refractivity contribution in [1.29, 1.82) is 0 Å². The number of hydrazine groups is 1. The second-order valence-corrected chi connectivity index (χ2v) is 8.65. The first-order valence-corrected chi connectivity index (χ1v) is 11.2. The zero-order chi connectivity index (χ0) is 21.8. The van der Waals surface area contributed by atoms with Crippen LogP contribution in [0.1, 0.15) is 31.8 Å². The van der Waals surface area contributed by atoms with E-state index < -0.39 is 5.91 Å². The van der Waals surface area contributed by atoms with E-state index in [2.05, 4.69) is 31.7 Å². The number of nitrogens with one attached hydrogen (secondary N) is 2. The minimum absolute atomic E-state index is 0.164. The summed E-state index contributed by atoms with van der Waals surface area (Å²) in [6.45, 7) is 0. The zero-order valence-electron chi connectivity index (χ0n) is 16.1. The van der Waals surface area contributed by atoms with Gasteiger partial charge in [0.2, 0.25) is 0 Å². The van der Waals surface area contributed by atoms with Crippen molar-refractivity contribution >= 4 is 51.1 Å². The highest BCUT2D eigenvalue weighted by Crippen LogP contribution is 2.38. The molecule has 1 atom stereocenters. The first-order valence-electron chi connectivity index (χ1n) is 9.34. The van der Waals surface area contributed by atoms with Crippen LogP contribution in [0.5, 0.6) is 0 Å². The summed E-state index contributed by atoms with van der Waals surface area (Å²) in [5.74, 6) is -0.619. The Morgan fingerprint density at radius 2 is 1.84 bits per heavy atom. The Morgan fingerprint density at radius 1 is 1.03 bits per heavy atom. The number of aromatic nitrogens is 1. The molecule has 0 radical (unpaired) electrons. The summed E-state index contributed by atoms with van der Waals surface area (Å²) in [4.78, 5) is 41.3. The molecule has 4 rings (SSSR count). The molecule has 7 nitrogen and oxygen atoms in total. The maximum Gasteiger partial charge on any atom is 0.274 e. The lowest BCUT2D eigenvalue weighted by Crippen LogP contribution is -2.44. The molecule has 0 aliphatic carbocycles. The van der Waals surface area contributed by atoms with Gasteiger partial charge in [0.25, 0.3) is 17.7 Å². The summed E-state index contributed by atoms with van der Waals surface area (Å²) >= 11 is 4.89. The first-order chi connectivity index (χ1) is 15.0. The van der Waals surface area contributed by atoms with Gasteiger partial charge in [-0.1, -0.05) is 34.1 Å². The predicted octanol–water partition coefficient (Wildman–Crippen LogP) is 4.02. The molecule has 3 aromatic rings. The fourth-order valence-corrected chi connectivity index (χ4v) is 4.54. The number of halogens is 1. The van der Waals surface area contributed by atoms with Crippen molar-refractivity contribution in [3.05, 3.63) is 94.2 Å². The third-order valence-corrected chi connectivity index (χ3v) is 6.23. The van der Waals surface area contributed by atoms with Crippen LogP contribution < -0.4 is 10.7 Å². The molecule has 3 amide bonds. The first kappa shape index (κ1) is 21.1. The van der Waals surface area contributed by atoms with Crippen LogP contribution in [0.25, 0.3) is 0 Å². The normalized spacial score (nSPS) is 15.6. The summed E-state index contributed by atoms with van der Waals surface area (Å²) in [5, 5.41) is 3.80. The van der Waals surface area contributed by atoms with Crippen molar-refractivity contribution < 1.29 is 14.4 Å². The number of carbonyl (C=O) groups is 3. The van der Waals surface area contributed by atoms with E-state index >= 15 is 0 Å². The average molecular weight is 497 g/mol. The molecule has 1 unspecified atom stereocenters. The largest absolute Gasteiger partial charge is 0.321 e. The van der Waals surface area contributed by atoms with E-state index in [0.29, 0.717) is 16.9 Å². The SMILES string of the molecule is O=C(NN1C(=O)CSC1c1cccc(Br)c1)c1ccc(NC(=O)c2ccccn2)cc1. The van der Waals surface area contributed by atoms with E-state index in [9.17, 15) is 14.4 Å². The number of nitrogens with zero attached hydrogens (tertiary/aromatic N) is 2. The quantitative estimate of drug-likeness (QED) is 0.556. The zero-order valence-corrected chi connectivity index (χ0v) is 18.5. The summed E-state index contributed by atoms with van der Waals surface area (Å²) in [6.07, 6.45) is 1.54. The van der Waals surface area contributed by atoms with Gasteiger partial charge in [-0.25, -0.2) is 5.01 Å². The van der Waals surface area contributed by atoms with Crippen molar-refractivity contribution in [2.24, 2.45) is 0 Å². The molecule has 1 fully saturated rings. The number of rotatable bonds is 5. The van der Waals surface area contributed by atoms with Gasteiger partial charge in [-0.05, 0) is 54.1 Å². The fourth-order valence-electron chi connectivity index (χ4n) is 3.02. The molecule has 1 saturated heterocycles. The summed E-state index contributed by atoms with van der Waals surface area (Å²) in [6, 6.07) is 19.1. The molecule has 1 aliphatic rings. The van der Waals surface area contributed by atoms with Gasteiger partial charge in [0.1, 0.15) is 11.1 Å². The second kappa shape index (κ2) is 9.32. The Labute approximate surface area is 191 Å². The van der Waals surface area contributed by atoms with Crippen LogP contribution in [0.15, 0.2) is 77.4 Å². The van der Waals surface area contributed by atoms with Gasteiger partial charge < -0.3 is 5.32 Å². The summed E-state index contributed by atoms with van der Waals surface area (Å²) < 4.78 is 0.902. The number of amides is 3. The number of anilines is 1. The van der Waals surface area contributed by atoms with Gasteiger partial charge >= 0.3 is 0 Å². The number of hydrogen-bond donors (Lipinski definition) is 2. The maximum atomic E-state index is 12.7. The Morgan fingerprint density at radius 3 is 2.55 bits per heavy atom. The second-order valence-electron chi connectivity index (χ2n) is 6.67. The van der Waals surface area contributed by atoms with Gasteiger partial charge in [-0.2, -0.15) is 0 Å². The Bertz CT molecular complexity index is 1130. The topological polar surface area (TPSA) is 91.4 Å². The van der Waals surface area contributed by atoms with Crippen molar-refractivity contribution in [2.45, 2.75) is 5.37 Å². The molecule has 156 valence electrons. The number of pyridine rings is 1. The number of hydrogen-bond acceptors (Lipinski definition) is 5. The molecule has 0 saturated carbocycles. The third-order valence-electron chi connectivity index (χ3n) is 4.53. The third kappa shape index (κ3) is 4.95. The van der Waals surface area contributed by atoms with Crippen LogP contribution in [-0.2, 0) is 4.79 Å². The van der Waals surface area contributed by atoms with E-state index in [-0.39, 0.29) is 22.9 Å². The average Bonchev–Trinajstić information content (AvgIpc) is 3.15. The predicted molar refractivity (Wildman–Crippen MR) is 122 cm³/mol. The van der Waals surface area contributed by atoms with Gasteiger partial charge in [0, 0.05) is 21.9 Å². The molecular weight excluding hydrogens is 480 g/mol. The molecule has 9 heteroatoms. The molecule has 0 spiro atoms. The molecule has 2 N–H and O–H groups in total. The highest BCUT2D eigenvalue weighted by atomic mass is 79.9.